The predicted octanol–water partition coefficient (Wildman–Crippen LogP) is 6.70. The van der Waals surface area contributed by atoms with E-state index in [-0.39, 0.29) is 0 Å². The third-order valence-electron chi connectivity index (χ3n) is 3.80. The summed E-state index contributed by atoms with van der Waals surface area (Å²) in [7, 11) is 0. The summed E-state index contributed by atoms with van der Waals surface area (Å²) in [4.78, 5) is 4.11. The lowest BCUT2D eigenvalue weighted by atomic mass is 10.1. The number of rotatable bonds is 2. The summed E-state index contributed by atoms with van der Waals surface area (Å²) < 4.78 is 1.75. The van der Waals surface area contributed by atoms with Gasteiger partial charge in [0.1, 0.15) is 5.52 Å². The zero-order chi connectivity index (χ0) is 17.6. The van der Waals surface area contributed by atoms with Crippen molar-refractivity contribution < 1.29 is 0 Å². The normalized spacial score (nSPS) is 11.2. The van der Waals surface area contributed by atoms with Gasteiger partial charge in [-0.05, 0) is 36.4 Å². The average Bonchev–Trinajstić information content (AvgIpc) is 2.96. The molecule has 0 atom stereocenters. The van der Waals surface area contributed by atoms with E-state index in [0.717, 1.165) is 16.6 Å². The summed E-state index contributed by atoms with van der Waals surface area (Å²) >= 11 is 24.7. The number of hydrogen-bond donors (Lipinski definition) is 0. The van der Waals surface area contributed by atoms with E-state index in [1.807, 2.05) is 36.4 Å². The molecule has 124 valence electrons. The molecule has 0 fully saturated rings. The number of nitrogens with zero attached hydrogens (tertiary/aromatic N) is 3. The Bertz CT molecular complexity index is 1090. The van der Waals surface area contributed by atoms with Gasteiger partial charge in [0, 0.05) is 27.2 Å². The Balaban J connectivity index is 2.08. The predicted molar refractivity (Wildman–Crippen MR) is 104 cm³/mol. The van der Waals surface area contributed by atoms with Gasteiger partial charge in [0.25, 0.3) is 0 Å². The molecule has 4 aromatic rings. The van der Waals surface area contributed by atoms with Crippen LogP contribution in [0.1, 0.15) is 0 Å². The largest absolute Gasteiger partial charge is 0.242 e. The van der Waals surface area contributed by atoms with Crippen molar-refractivity contribution in [3.05, 3.63) is 74.9 Å². The first-order valence-corrected chi connectivity index (χ1v) is 8.80. The van der Waals surface area contributed by atoms with Gasteiger partial charge in [-0.1, -0.05) is 58.5 Å². The summed E-state index contributed by atoms with van der Waals surface area (Å²) in [6.45, 7) is 0. The van der Waals surface area contributed by atoms with E-state index in [0.29, 0.717) is 31.4 Å². The molecule has 25 heavy (non-hydrogen) atoms. The van der Waals surface area contributed by atoms with Crippen LogP contribution in [0, 0.1) is 0 Å². The fraction of sp³-hybridized carbons (Fsp3) is 0. The number of benzene rings is 2. The molecule has 2 aromatic heterocycles. The van der Waals surface area contributed by atoms with E-state index in [1.165, 1.54) is 0 Å². The molecule has 0 saturated carbocycles. The van der Waals surface area contributed by atoms with Crippen LogP contribution in [0.4, 0.5) is 0 Å². The molecular formula is C18H9Cl4N3. The first-order valence-electron chi connectivity index (χ1n) is 7.29. The van der Waals surface area contributed by atoms with Gasteiger partial charge in [0.15, 0.2) is 5.15 Å². The molecule has 0 N–H and O–H groups in total. The van der Waals surface area contributed by atoms with Crippen molar-refractivity contribution in [2.75, 3.05) is 0 Å². The molecule has 0 aliphatic rings. The van der Waals surface area contributed by atoms with Crippen LogP contribution in [0.2, 0.25) is 20.2 Å². The van der Waals surface area contributed by atoms with Gasteiger partial charge in [-0.3, -0.25) is 0 Å². The van der Waals surface area contributed by atoms with Crippen molar-refractivity contribution in [2.45, 2.75) is 0 Å². The van der Waals surface area contributed by atoms with Crippen LogP contribution in [-0.2, 0) is 0 Å². The fourth-order valence-electron chi connectivity index (χ4n) is 2.69. The van der Waals surface area contributed by atoms with Gasteiger partial charge in [0.05, 0.1) is 16.4 Å². The maximum atomic E-state index is 6.40. The van der Waals surface area contributed by atoms with Gasteiger partial charge in [-0.25, -0.2) is 9.67 Å². The first kappa shape index (κ1) is 16.7. The van der Waals surface area contributed by atoms with Gasteiger partial charge in [0.2, 0.25) is 0 Å². The summed E-state index contributed by atoms with van der Waals surface area (Å²) in [5.74, 6) is 0. The zero-order valence-electron chi connectivity index (χ0n) is 12.5. The van der Waals surface area contributed by atoms with Crippen LogP contribution in [0.5, 0.6) is 0 Å². The van der Waals surface area contributed by atoms with Crippen LogP contribution >= 0.6 is 46.4 Å². The highest BCUT2D eigenvalue weighted by Crippen LogP contribution is 2.36. The molecule has 0 aliphatic carbocycles. The summed E-state index contributed by atoms with van der Waals surface area (Å²) in [5.41, 5.74) is 3.07. The quantitative estimate of drug-likeness (QED) is 0.345. The molecule has 0 amide bonds. The summed E-state index contributed by atoms with van der Waals surface area (Å²) in [5, 5.41) is 7.53. The lowest BCUT2D eigenvalue weighted by Crippen LogP contribution is -2.00. The van der Waals surface area contributed by atoms with Crippen LogP contribution in [0.25, 0.3) is 27.8 Å². The highest BCUT2D eigenvalue weighted by Gasteiger charge is 2.18. The van der Waals surface area contributed by atoms with Gasteiger partial charge < -0.3 is 0 Å². The zero-order valence-corrected chi connectivity index (χ0v) is 15.6. The molecule has 0 spiro atoms. The first-order chi connectivity index (χ1) is 12.0. The molecule has 0 saturated heterocycles. The molecular weight excluding hydrogens is 400 g/mol. The maximum absolute atomic E-state index is 6.40. The molecule has 2 heterocycles. The third-order valence-corrected chi connectivity index (χ3v) is 4.87. The third kappa shape index (κ3) is 2.98. The molecule has 0 aliphatic heterocycles. The second kappa shape index (κ2) is 6.50. The van der Waals surface area contributed by atoms with Gasteiger partial charge >= 0.3 is 0 Å². The lowest BCUT2D eigenvalue weighted by Gasteiger charge is -2.10. The Morgan fingerprint density at radius 3 is 2.24 bits per heavy atom. The Morgan fingerprint density at radius 2 is 1.52 bits per heavy atom. The molecule has 0 unspecified atom stereocenters. The van der Waals surface area contributed by atoms with Crippen molar-refractivity contribution in [3.63, 3.8) is 0 Å². The highest BCUT2D eigenvalue weighted by molar-refractivity contribution is 6.36. The van der Waals surface area contributed by atoms with Crippen LogP contribution < -0.4 is 0 Å². The van der Waals surface area contributed by atoms with Crippen LogP contribution in [-0.4, -0.2) is 14.8 Å². The van der Waals surface area contributed by atoms with Crippen molar-refractivity contribution in [2.24, 2.45) is 0 Å². The lowest BCUT2D eigenvalue weighted by molar-refractivity contribution is 0.903. The van der Waals surface area contributed by atoms with E-state index in [2.05, 4.69) is 10.1 Å². The minimum Gasteiger partial charge on any atom is -0.242 e. The monoisotopic (exact) mass is 407 g/mol. The van der Waals surface area contributed by atoms with Crippen molar-refractivity contribution in [1.82, 2.24) is 14.8 Å². The Hall–Kier alpha value is -1.78. The second-order valence-electron chi connectivity index (χ2n) is 5.36. The fourth-order valence-corrected chi connectivity index (χ4v) is 3.50. The smallest absolute Gasteiger partial charge is 0.157 e. The number of fused-ring (bicyclic) bond motifs is 1. The summed E-state index contributed by atoms with van der Waals surface area (Å²) in [6, 6.07) is 14.6. The topological polar surface area (TPSA) is 30.7 Å². The van der Waals surface area contributed by atoms with Crippen molar-refractivity contribution in [3.8, 4) is 16.9 Å². The van der Waals surface area contributed by atoms with Crippen LogP contribution in [0.3, 0.4) is 0 Å². The molecule has 2 aromatic carbocycles. The van der Waals surface area contributed by atoms with Gasteiger partial charge in [-0.2, -0.15) is 5.10 Å². The highest BCUT2D eigenvalue weighted by atomic mass is 35.5. The van der Waals surface area contributed by atoms with E-state index in [4.69, 9.17) is 46.4 Å². The van der Waals surface area contributed by atoms with Crippen molar-refractivity contribution >= 4 is 57.3 Å². The standard InChI is InChI=1S/C18H9Cl4N3/c19-11-3-1-10(2-4-11)17-13-7-8-23-18(22)16(13)24-25(17)15-6-5-12(20)9-14(15)21/h1-9H. The summed E-state index contributed by atoms with van der Waals surface area (Å²) in [6.07, 6.45) is 1.65. The molecule has 7 heteroatoms. The Kier molecular flexibility index (Phi) is 4.34. The average molecular weight is 409 g/mol. The molecule has 3 nitrogen and oxygen atoms in total. The second-order valence-corrected chi connectivity index (χ2v) is 7.00. The molecule has 0 bridgehead atoms. The number of halogens is 4. The number of aromatic nitrogens is 3. The molecule has 4 rings (SSSR count). The van der Waals surface area contributed by atoms with E-state index in [1.54, 1.807) is 23.0 Å². The number of pyridine rings is 1. The van der Waals surface area contributed by atoms with E-state index >= 15 is 0 Å². The number of hydrogen-bond acceptors (Lipinski definition) is 2. The van der Waals surface area contributed by atoms with Crippen LogP contribution in [0.15, 0.2) is 54.7 Å². The maximum Gasteiger partial charge on any atom is 0.157 e. The SMILES string of the molecule is Clc1ccc(-c2c3ccnc(Cl)c3nn2-c2ccc(Cl)cc2Cl)cc1. The van der Waals surface area contributed by atoms with E-state index < -0.39 is 0 Å². The Morgan fingerprint density at radius 1 is 0.800 bits per heavy atom. The minimum atomic E-state index is 0.330. The molecule has 0 radical (unpaired) electrons. The Labute approximate surface area is 163 Å². The minimum absolute atomic E-state index is 0.330. The van der Waals surface area contributed by atoms with Gasteiger partial charge in [-0.15, -0.1) is 0 Å². The van der Waals surface area contributed by atoms with E-state index in [9.17, 15) is 0 Å². The van der Waals surface area contributed by atoms with Crippen molar-refractivity contribution in [1.29, 1.82) is 0 Å².